The van der Waals surface area contributed by atoms with Crippen LogP contribution < -0.4 is 0 Å². The van der Waals surface area contributed by atoms with Crippen LogP contribution in [0.5, 0.6) is 0 Å². The SMILES string of the molecule is C[C@@]12CCCN(C(=O)c3ccc4nc[nH]c4c3)[C@@H]1CCc1ccccc12. The molecule has 1 aliphatic heterocycles. The van der Waals surface area contributed by atoms with Crippen LogP contribution in [0.1, 0.15) is 47.7 Å². The summed E-state index contributed by atoms with van der Waals surface area (Å²) in [7, 11) is 0. The number of nitrogens with zero attached hydrogens (tertiary/aromatic N) is 2. The van der Waals surface area contributed by atoms with Crippen LogP contribution in [0, 0.1) is 0 Å². The van der Waals surface area contributed by atoms with Gasteiger partial charge in [0.1, 0.15) is 0 Å². The molecule has 0 bridgehead atoms. The molecular formula is C22H23N3O. The monoisotopic (exact) mass is 345 g/mol. The summed E-state index contributed by atoms with van der Waals surface area (Å²) in [6.45, 7) is 3.20. The smallest absolute Gasteiger partial charge is 0.254 e. The summed E-state index contributed by atoms with van der Waals surface area (Å²) >= 11 is 0. The number of piperidine rings is 1. The lowest BCUT2D eigenvalue weighted by atomic mass is 9.63. The number of imidazole rings is 1. The number of aromatic amines is 1. The molecule has 132 valence electrons. The van der Waals surface area contributed by atoms with Gasteiger partial charge in [-0.05, 0) is 55.0 Å². The van der Waals surface area contributed by atoms with Gasteiger partial charge in [-0.3, -0.25) is 4.79 Å². The summed E-state index contributed by atoms with van der Waals surface area (Å²) in [5.41, 5.74) is 5.53. The molecule has 0 unspecified atom stereocenters. The summed E-state index contributed by atoms with van der Waals surface area (Å²) < 4.78 is 0. The molecule has 4 heteroatoms. The van der Waals surface area contributed by atoms with Crippen molar-refractivity contribution in [3.05, 3.63) is 65.5 Å². The summed E-state index contributed by atoms with van der Waals surface area (Å²) in [5.74, 6) is 0.150. The highest BCUT2D eigenvalue weighted by Gasteiger charge is 2.46. The predicted octanol–water partition coefficient (Wildman–Crippen LogP) is 4.07. The number of amides is 1. The van der Waals surface area contributed by atoms with Crippen molar-refractivity contribution in [3.8, 4) is 0 Å². The number of H-pyrrole nitrogens is 1. The van der Waals surface area contributed by atoms with Crippen molar-refractivity contribution >= 4 is 16.9 Å². The molecule has 2 aromatic carbocycles. The number of carbonyl (C=O) groups is 1. The molecule has 1 amide bonds. The molecule has 2 aliphatic rings. The molecule has 0 radical (unpaired) electrons. The lowest BCUT2D eigenvalue weighted by Crippen LogP contribution is -2.57. The molecule has 1 N–H and O–H groups in total. The van der Waals surface area contributed by atoms with E-state index >= 15 is 0 Å². The van der Waals surface area contributed by atoms with Crippen LogP contribution in [-0.4, -0.2) is 33.4 Å². The van der Waals surface area contributed by atoms with Crippen LogP contribution in [0.15, 0.2) is 48.8 Å². The van der Waals surface area contributed by atoms with E-state index in [0.29, 0.717) is 0 Å². The Bertz CT molecular complexity index is 992. The predicted molar refractivity (Wildman–Crippen MR) is 102 cm³/mol. The fourth-order valence-corrected chi connectivity index (χ4v) is 5.14. The molecule has 2 atom stereocenters. The number of fused-ring (bicyclic) bond motifs is 4. The molecule has 0 spiro atoms. The minimum absolute atomic E-state index is 0.0564. The number of hydrogen-bond donors (Lipinski definition) is 1. The number of aryl methyl sites for hydroxylation is 1. The Morgan fingerprint density at radius 1 is 1.27 bits per heavy atom. The van der Waals surface area contributed by atoms with Crippen LogP contribution in [0.3, 0.4) is 0 Å². The van der Waals surface area contributed by atoms with Crippen LogP contribution in [0.2, 0.25) is 0 Å². The molecule has 2 heterocycles. The largest absolute Gasteiger partial charge is 0.345 e. The van der Waals surface area contributed by atoms with Crippen molar-refractivity contribution in [2.45, 2.75) is 44.1 Å². The van der Waals surface area contributed by atoms with Gasteiger partial charge in [-0.1, -0.05) is 31.2 Å². The highest BCUT2D eigenvalue weighted by atomic mass is 16.2. The van der Waals surface area contributed by atoms with E-state index in [2.05, 4.69) is 46.1 Å². The highest BCUT2D eigenvalue weighted by Crippen LogP contribution is 2.46. The minimum Gasteiger partial charge on any atom is -0.345 e. The van der Waals surface area contributed by atoms with Crippen LogP contribution >= 0.6 is 0 Å². The van der Waals surface area contributed by atoms with Gasteiger partial charge in [0.15, 0.2) is 0 Å². The van der Waals surface area contributed by atoms with Crippen molar-refractivity contribution < 1.29 is 4.79 Å². The molecule has 4 nitrogen and oxygen atoms in total. The number of benzene rings is 2. The van der Waals surface area contributed by atoms with E-state index < -0.39 is 0 Å². The third-order valence-corrected chi connectivity index (χ3v) is 6.45. The zero-order valence-electron chi connectivity index (χ0n) is 15.0. The van der Waals surface area contributed by atoms with E-state index in [1.54, 1.807) is 6.33 Å². The molecule has 1 saturated heterocycles. The average Bonchev–Trinajstić information content (AvgIpc) is 3.14. The van der Waals surface area contributed by atoms with E-state index in [-0.39, 0.29) is 17.4 Å². The molecule has 5 rings (SSSR count). The van der Waals surface area contributed by atoms with Gasteiger partial charge in [0.2, 0.25) is 0 Å². The van der Waals surface area contributed by atoms with Crippen molar-refractivity contribution in [2.75, 3.05) is 6.54 Å². The first-order valence-corrected chi connectivity index (χ1v) is 9.49. The van der Waals surface area contributed by atoms with Gasteiger partial charge in [0.25, 0.3) is 5.91 Å². The maximum Gasteiger partial charge on any atom is 0.254 e. The topological polar surface area (TPSA) is 49.0 Å². The first kappa shape index (κ1) is 15.6. The second-order valence-electron chi connectivity index (χ2n) is 7.87. The Morgan fingerprint density at radius 2 is 2.15 bits per heavy atom. The normalized spacial score (nSPS) is 25.0. The van der Waals surface area contributed by atoms with Gasteiger partial charge in [-0.25, -0.2) is 4.98 Å². The first-order chi connectivity index (χ1) is 12.7. The lowest BCUT2D eigenvalue weighted by Gasteiger charge is -2.52. The Morgan fingerprint density at radius 3 is 3.08 bits per heavy atom. The molecule has 0 saturated carbocycles. The van der Waals surface area contributed by atoms with E-state index in [4.69, 9.17) is 0 Å². The van der Waals surface area contributed by atoms with Gasteiger partial charge >= 0.3 is 0 Å². The number of likely N-dealkylation sites (tertiary alicyclic amines) is 1. The average molecular weight is 345 g/mol. The van der Waals surface area contributed by atoms with E-state index in [1.807, 2.05) is 18.2 Å². The van der Waals surface area contributed by atoms with Crippen molar-refractivity contribution in [1.82, 2.24) is 14.9 Å². The fraction of sp³-hybridized carbons (Fsp3) is 0.364. The second kappa shape index (κ2) is 5.70. The zero-order chi connectivity index (χ0) is 17.7. The fourth-order valence-electron chi connectivity index (χ4n) is 5.14. The Hall–Kier alpha value is -2.62. The molecule has 1 aliphatic carbocycles. The Balaban J connectivity index is 1.52. The van der Waals surface area contributed by atoms with Gasteiger partial charge in [0.05, 0.1) is 17.4 Å². The second-order valence-corrected chi connectivity index (χ2v) is 7.87. The standard InChI is InChI=1S/C22H23N3O/c1-22-11-4-12-25(20(22)10-8-15-5-2-3-6-17(15)22)21(26)16-7-9-18-19(13-16)24-14-23-18/h2-3,5-7,9,13-14,20H,4,8,10-12H2,1H3,(H,23,24)/t20-,22+/m1/s1. The zero-order valence-corrected chi connectivity index (χ0v) is 15.0. The molecule has 1 aromatic heterocycles. The first-order valence-electron chi connectivity index (χ1n) is 9.49. The van der Waals surface area contributed by atoms with Crippen LogP contribution in [0.4, 0.5) is 0 Å². The van der Waals surface area contributed by atoms with Crippen molar-refractivity contribution in [1.29, 1.82) is 0 Å². The van der Waals surface area contributed by atoms with Gasteiger partial charge in [-0.2, -0.15) is 0 Å². The minimum atomic E-state index is 0.0564. The van der Waals surface area contributed by atoms with Crippen molar-refractivity contribution in [3.63, 3.8) is 0 Å². The van der Waals surface area contributed by atoms with E-state index in [1.165, 1.54) is 11.1 Å². The summed E-state index contributed by atoms with van der Waals surface area (Å²) in [6, 6.07) is 14.8. The quantitative estimate of drug-likeness (QED) is 0.723. The Kier molecular flexibility index (Phi) is 3.42. The number of nitrogens with one attached hydrogen (secondary N) is 1. The van der Waals surface area contributed by atoms with Crippen LogP contribution in [-0.2, 0) is 11.8 Å². The van der Waals surface area contributed by atoms with Gasteiger partial charge in [0, 0.05) is 23.6 Å². The summed E-state index contributed by atoms with van der Waals surface area (Å²) in [5, 5.41) is 0. The highest BCUT2D eigenvalue weighted by molar-refractivity contribution is 5.97. The summed E-state index contributed by atoms with van der Waals surface area (Å²) in [4.78, 5) is 22.9. The maximum atomic E-state index is 13.4. The number of rotatable bonds is 1. The lowest BCUT2D eigenvalue weighted by molar-refractivity contribution is 0.0390. The Labute approximate surface area is 153 Å². The third kappa shape index (κ3) is 2.21. The molecular weight excluding hydrogens is 322 g/mol. The van der Waals surface area contributed by atoms with E-state index in [9.17, 15) is 4.79 Å². The van der Waals surface area contributed by atoms with Crippen molar-refractivity contribution in [2.24, 2.45) is 0 Å². The molecule has 3 aromatic rings. The van der Waals surface area contributed by atoms with E-state index in [0.717, 1.165) is 48.8 Å². The number of hydrogen-bond acceptors (Lipinski definition) is 2. The third-order valence-electron chi connectivity index (χ3n) is 6.45. The number of carbonyl (C=O) groups excluding carboxylic acids is 1. The van der Waals surface area contributed by atoms with Gasteiger partial charge < -0.3 is 9.88 Å². The maximum absolute atomic E-state index is 13.4. The summed E-state index contributed by atoms with van der Waals surface area (Å²) in [6.07, 6.45) is 5.98. The molecule has 26 heavy (non-hydrogen) atoms. The van der Waals surface area contributed by atoms with Crippen LogP contribution in [0.25, 0.3) is 11.0 Å². The molecule has 1 fully saturated rings. The number of aromatic nitrogens is 2. The van der Waals surface area contributed by atoms with Gasteiger partial charge in [-0.15, -0.1) is 0 Å².